The lowest BCUT2D eigenvalue weighted by Gasteiger charge is -2.30. The standard InChI is InChI=1S/C9H19NO/c1-8(2)10(3)9(5-6-9)7-11-4/h8H,5-7H2,1-4H3. The molecule has 1 aliphatic rings. The molecule has 0 N–H and O–H groups in total. The van der Waals surface area contributed by atoms with Crippen molar-refractivity contribution in [3.8, 4) is 0 Å². The molecule has 0 unspecified atom stereocenters. The van der Waals surface area contributed by atoms with Crippen LogP contribution in [0.3, 0.4) is 0 Å². The first-order valence-corrected chi connectivity index (χ1v) is 4.34. The number of rotatable bonds is 4. The fourth-order valence-corrected chi connectivity index (χ4v) is 1.56. The van der Waals surface area contributed by atoms with E-state index in [0.29, 0.717) is 11.6 Å². The summed E-state index contributed by atoms with van der Waals surface area (Å²) in [5, 5.41) is 0. The topological polar surface area (TPSA) is 12.5 Å². The van der Waals surface area contributed by atoms with Crippen LogP contribution >= 0.6 is 0 Å². The predicted octanol–water partition coefficient (Wildman–Crippen LogP) is 1.51. The molecule has 0 aliphatic heterocycles. The van der Waals surface area contributed by atoms with Crippen LogP contribution in [0.4, 0.5) is 0 Å². The molecular formula is C9H19NO. The Bertz CT molecular complexity index is 130. The summed E-state index contributed by atoms with van der Waals surface area (Å²) in [4.78, 5) is 2.43. The van der Waals surface area contributed by atoms with Gasteiger partial charge in [0, 0.05) is 18.7 Å². The monoisotopic (exact) mass is 157 g/mol. The average molecular weight is 157 g/mol. The van der Waals surface area contributed by atoms with Crippen LogP contribution < -0.4 is 0 Å². The van der Waals surface area contributed by atoms with Crippen molar-refractivity contribution in [2.75, 3.05) is 20.8 Å². The number of ether oxygens (including phenoxy) is 1. The number of hydrogen-bond donors (Lipinski definition) is 0. The molecule has 0 heterocycles. The Morgan fingerprint density at radius 1 is 1.45 bits per heavy atom. The first-order chi connectivity index (χ1) is 5.12. The normalized spacial score (nSPS) is 21.3. The Hall–Kier alpha value is -0.0800. The molecule has 66 valence electrons. The van der Waals surface area contributed by atoms with E-state index in [1.165, 1.54) is 12.8 Å². The molecule has 0 aromatic rings. The summed E-state index contributed by atoms with van der Waals surface area (Å²) < 4.78 is 5.20. The van der Waals surface area contributed by atoms with E-state index in [2.05, 4.69) is 25.8 Å². The average Bonchev–Trinajstić information content (AvgIpc) is 2.69. The summed E-state index contributed by atoms with van der Waals surface area (Å²) in [7, 11) is 3.98. The minimum Gasteiger partial charge on any atom is -0.383 e. The zero-order valence-corrected chi connectivity index (χ0v) is 8.05. The van der Waals surface area contributed by atoms with E-state index in [9.17, 15) is 0 Å². The van der Waals surface area contributed by atoms with Crippen LogP contribution in [0, 0.1) is 0 Å². The summed E-state index contributed by atoms with van der Waals surface area (Å²) in [6, 6.07) is 0.632. The van der Waals surface area contributed by atoms with Gasteiger partial charge in [-0.05, 0) is 33.7 Å². The summed E-state index contributed by atoms with van der Waals surface area (Å²) in [5.41, 5.74) is 0.392. The molecule has 0 bridgehead atoms. The Morgan fingerprint density at radius 2 is 2.00 bits per heavy atom. The Kier molecular flexibility index (Phi) is 2.55. The highest BCUT2D eigenvalue weighted by Crippen LogP contribution is 2.41. The maximum atomic E-state index is 5.20. The van der Waals surface area contributed by atoms with E-state index in [4.69, 9.17) is 4.74 Å². The van der Waals surface area contributed by atoms with Crippen molar-refractivity contribution < 1.29 is 4.74 Å². The van der Waals surface area contributed by atoms with Crippen molar-refractivity contribution >= 4 is 0 Å². The molecule has 1 aliphatic carbocycles. The van der Waals surface area contributed by atoms with Gasteiger partial charge in [-0.25, -0.2) is 0 Å². The van der Waals surface area contributed by atoms with Gasteiger partial charge in [0.25, 0.3) is 0 Å². The van der Waals surface area contributed by atoms with Crippen LogP contribution in [-0.4, -0.2) is 37.2 Å². The van der Waals surface area contributed by atoms with Crippen LogP contribution in [-0.2, 0) is 4.74 Å². The first-order valence-electron chi connectivity index (χ1n) is 4.34. The molecule has 2 heteroatoms. The summed E-state index contributed by atoms with van der Waals surface area (Å²) >= 11 is 0. The number of hydrogen-bond acceptors (Lipinski definition) is 2. The van der Waals surface area contributed by atoms with E-state index in [0.717, 1.165) is 6.61 Å². The highest BCUT2D eigenvalue weighted by molar-refractivity contribution is 5.03. The van der Waals surface area contributed by atoms with Gasteiger partial charge in [-0.3, -0.25) is 4.90 Å². The minimum atomic E-state index is 0.392. The van der Waals surface area contributed by atoms with Crippen molar-refractivity contribution in [1.29, 1.82) is 0 Å². The van der Waals surface area contributed by atoms with Crippen molar-refractivity contribution in [1.82, 2.24) is 4.90 Å². The van der Waals surface area contributed by atoms with Gasteiger partial charge in [0.05, 0.1) is 6.61 Å². The van der Waals surface area contributed by atoms with E-state index in [1.807, 2.05) is 0 Å². The smallest absolute Gasteiger partial charge is 0.0646 e. The maximum absolute atomic E-state index is 5.20. The van der Waals surface area contributed by atoms with Gasteiger partial charge in [-0.1, -0.05) is 0 Å². The highest BCUT2D eigenvalue weighted by Gasteiger charge is 2.46. The molecule has 0 aromatic carbocycles. The Morgan fingerprint density at radius 3 is 2.27 bits per heavy atom. The van der Waals surface area contributed by atoms with Crippen LogP contribution in [0.25, 0.3) is 0 Å². The first kappa shape index (κ1) is 9.01. The Balaban J connectivity index is 2.44. The minimum absolute atomic E-state index is 0.392. The van der Waals surface area contributed by atoms with E-state index >= 15 is 0 Å². The second-order valence-corrected chi connectivity index (χ2v) is 3.86. The molecule has 11 heavy (non-hydrogen) atoms. The van der Waals surface area contributed by atoms with Crippen LogP contribution in [0.15, 0.2) is 0 Å². The summed E-state index contributed by atoms with van der Waals surface area (Å²) in [6.45, 7) is 5.35. The molecule has 2 nitrogen and oxygen atoms in total. The molecule has 1 rings (SSSR count). The third kappa shape index (κ3) is 1.74. The van der Waals surface area contributed by atoms with Gasteiger partial charge in [0.1, 0.15) is 0 Å². The van der Waals surface area contributed by atoms with Crippen molar-refractivity contribution in [3.63, 3.8) is 0 Å². The van der Waals surface area contributed by atoms with Crippen molar-refractivity contribution in [2.24, 2.45) is 0 Å². The lowest BCUT2D eigenvalue weighted by molar-refractivity contribution is 0.0737. The van der Waals surface area contributed by atoms with Crippen molar-refractivity contribution in [3.05, 3.63) is 0 Å². The molecule has 1 saturated carbocycles. The van der Waals surface area contributed by atoms with E-state index < -0.39 is 0 Å². The van der Waals surface area contributed by atoms with Crippen LogP contribution in [0.2, 0.25) is 0 Å². The molecular weight excluding hydrogens is 138 g/mol. The molecule has 0 atom stereocenters. The quantitative estimate of drug-likeness (QED) is 0.613. The summed E-state index contributed by atoms with van der Waals surface area (Å²) in [6.07, 6.45) is 2.60. The fraction of sp³-hybridized carbons (Fsp3) is 1.00. The zero-order valence-electron chi connectivity index (χ0n) is 8.05. The zero-order chi connectivity index (χ0) is 8.48. The third-order valence-electron chi connectivity index (χ3n) is 2.76. The molecule has 0 saturated heterocycles. The van der Waals surface area contributed by atoms with E-state index in [-0.39, 0.29) is 0 Å². The van der Waals surface area contributed by atoms with Gasteiger partial charge >= 0.3 is 0 Å². The Labute approximate surface area is 69.5 Å². The predicted molar refractivity (Wildman–Crippen MR) is 46.7 cm³/mol. The number of likely N-dealkylation sites (N-methyl/N-ethyl adjacent to an activating group) is 1. The van der Waals surface area contributed by atoms with Gasteiger partial charge in [0.2, 0.25) is 0 Å². The van der Waals surface area contributed by atoms with Gasteiger partial charge in [0.15, 0.2) is 0 Å². The highest BCUT2D eigenvalue weighted by atomic mass is 16.5. The molecule has 1 fully saturated rings. The fourth-order valence-electron chi connectivity index (χ4n) is 1.56. The second kappa shape index (κ2) is 3.11. The van der Waals surface area contributed by atoms with Crippen LogP contribution in [0.5, 0.6) is 0 Å². The molecule has 0 spiro atoms. The lowest BCUT2D eigenvalue weighted by atomic mass is 10.2. The summed E-state index contributed by atoms with van der Waals surface area (Å²) in [5.74, 6) is 0. The second-order valence-electron chi connectivity index (χ2n) is 3.86. The number of nitrogens with zero attached hydrogens (tertiary/aromatic N) is 1. The van der Waals surface area contributed by atoms with Crippen molar-refractivity contribution in [2.45, 2.75) is 38.3 Å². The molecule has 0 amide bonds. The largest absolute Gasteiger partial charge is 0.383 e. The van der Waals surface area contributed by atoms with Gasteiger partial charge in [-0.15, -0.1) is 0 Å². The molecule has 0 aromatic heterocycles. The lowest BCUT2D eigenvalue weighted by Crippen LogP contribution is -2.42. The van der Waals surface area contributed by atoms with E-state index in [1.54, 1.807) is 7.11 Å². The molecule has 0 radical (unpaired) electrons. The van der Waals surface area contributed by atoms with Gasteiger partial charge in [-0.2, -0.15) is 0 Å². The van der Waals surface area contributed by atoms with Gasteiger partial charge < -0.3 is 4.74 Å². The third-order valence-corrected chi connectivity index (χ3v) is 2.76. The maximum Gasteiger partial charge on any atom is 0.0646 e. The van der Waals surface area contributed by atoms with Crippen LogP contribution in [0.1, 0.15) is 26.7 Å². The number of methoxy groups -OCH3 is 1. The SMILES string of the molecule is COCC1(N(C)C(C)C)CC1.